The number of hydrogen-bond acceptors (Lipinski definition) is 7. The molecule has 1 aromatic heterocycles. The maximum absolute atomic E-state index is 13.5. The molecule has 0 unspecified atom stereocenters. The Morgan fingerprint density at radius 1 is 1.17 bits per heavy atom. The van der Waals surface area contributed by atoms with Gasteiger partial charge in [0.05, 0.1) is 24.2 Å². The van der Waals surface area contributed by atoms with Crippen LogP contribution in [-0.2, 0) is 9.53 Å². The molecule has 1 aliphatic rings. The number of carbonyl (C=O) groups excluding carboxylic acids is 1. The molecule has 0 aliphatic heterocycles. The summed E-state index contributed by atoms with van der Waals surface area (Å²) in [6.45, 7) is 1.63. The summed E-state index contributed by atoms with van der Waals surface area (Å²) >= 11 is 0. The van der Waals surface area contributed by atoms with Gasteiger partial charge in [0.2, 0.25) is 0 Å². The van der Waals surface area contributed by atoms with Gasteiger partial charge in [0, 0.05) is 37.3 Å². The van der Waals surface area contributed by atoms with Crippen molar-refractivity contribution in [3.8, 4) is 5.75 Å². The number of carbonyl (C=O) groups is 1. The third kappa shape index (κ3) is 5.37. The molecule has 0 radical (unpaired) electrons. The number of rotatable bonds is 7. The van der Waals surface area contributed by atoms with Gasteiger partial charge in [-0.05, 0) is 44.0 Å². The second-order valence-corrected chi connectivity index (χ2v) is 9.08. The molecule has 0 N–H and O–H groups in total. The van der Waals surface area contributed by atoms with E-state index in [1.165, 1.54) is 18.2 Å². The monoisotopic (exact) mass is 476 g/mol. The minimum atomic E-state index is -0.799. The van der Waals surface area contributed by atoms with E-state index in [-0.39, 0.29) is 11.5 Å². The Morgan fingerprint density at radius 2 is 1.91 bits per heavy atom. The second kappa shape index (κ2) is 10.7. The number of para-hydroxylation sites is 1. The van der Waals surface area contributed by atoms with E-state index >= 15 is 0 Å². The molecule has 1 fully saturated rings. The number of methoxy groups -OCH3 is 1. The minimum Gasteiger partial charge on any atom is -0.478 e. The van der Waals surface area contributed by atoms with Gasteiger partial charge in [-0.2, -0.15) is 9.78 Å². The molecule has 8 heteroatoms. The van der Waals surface area contributed by atoms with Gasteiger partial charge in [0.15, 0.2) is 6.10 Å². The molecule has 0 spiro atoms. The van der Waals surface area contributed by atoms with Gasteiger partial charge in [-0.15, -0.1) is 0 Å². The largest absolute Gasteiger partial charge is 0.478 e. The lowest BCUT2D eigenvalue weighted by Gasteiger charge is -2.23. The third-order valence-corrected chi connectivity index (χ3v) is 6.41. The van der Waals surface area contributed by atoms with E-state index in [0.717, 1.165) is 31.4 Å². The smallest absolute Gasteiger partial charge is 0.346 e. The molecule has 3 aromatic rings. The van der Waals surface area contributed by atoms with Crippen molar-refractivity contribution in [1.29, 1.82) is 0 Å². The highest BCUT2D eigenvalue weighted by molar-refractivity contribution is 5.85. The molecule has 8 nitrogen and oxygen atoms in total. The quantitative estimate of drug-likeness (QED) is 0.373. The third-order valence-electron chi connectivity index (χ3n) is 6.41. The summed E-state index contributed by atoms with van der Waals surface area (Å²) in [5, 5.41) is 5.15. The summed E-state index contributed by atoms with van der Waals surface area (Å²) in [4.78, 5) is 32.2. The molecular formula is C27H32N4O4. The standard InChI is InChI=1S/C27H32N4O4/c1-18(27(33)34-4)35-24-16-21(30(2)3)15-14-20(24)17-28-31-25(19-10-6-5-7-11-19)29-23-13-9-8-12-22(23)26(31)32/h8-9,12-19H,5-7,10-11H2,1-4H3/t18-/m0/s1. The molecule has 0 saturated heterocycles. The number of fused-ring (bicyclic) bond motifs is 1. The highest BCUT2D eigenvalue weighted by atomic mass is 16.6. The molecule has 1 heterocycles. The van der Waals surface area contributed by atoms with E-state index in [9.17, 15) is 9.59 Å². The molecule has 35 heavy (non-hydrogen) atoms. The first-order valence-corrected chi connectivity index (χ1v) is 12.0. The van der Waals surface area contributed by atoms with E-state index in [0.29, 0.717) is 28.0 Å². The summed E-state index contributed by atoms with van der Waals surface area (Å²) in [5.41, 5.74) is 2.04. The summed E-state index contributed by atoms with van der Waals surface area (Å²) in [5.74, 6) is 0.876. The van der Waals surface area contributed by atoms with E-state index in [4.69, 9.17) is 14.5 Å². The zero-order valence-electron chi connectivity index (χ0n) is 20.7. The van der Waals surface area contributed by atoms with Crippen LogP contribution in [0.3, 0.4) is 0 Å². The van der Waals surface area contributed by atoms with Crippen LogP contribution >= 0.6 is 0 Å². The van der Waals surface area contributed by atoms with Crippen LogP contribution in [0.1, 0.15) is 56.3 Å². The van der Waals surface area contributed by atoms with Crippen LogP contribution in [0, 0.1) is 0 Å². The maximum atomic E-state index is 13.5. The number of esters is 1. The van der Waals surface area contributed by atoms with Crippen LogP contribution in [-0.4, -0.2) is 49.2 Å². The molecule has 1 aliphatic carbocycles. The Hall–Kier alpha value is -3.68. The van der Waals surface area contributed by atoms with Gasteiger partial charge in [0.25, 0.3) is 5.56 Å². The van der Waals surface area contributed by atoms with Gasteiger partial charge in [-0.3, -0.25) is 4.79 Å². The average Bonchev–Trinajstić information content (AvgIpc) is 2.88. The highest BCUT2D eigenvalue weighted by Gasteiger charge is 2.23. The predicted octanol–water partition coefficient (Wildman–Crippen LogP) is 4.33. The number of ether oxygens (including phenoxy) is 2. The van der Waals surface area contributed by atoms with E-state index in [1.54, 1.807) is 19.2 Å². The number of anilines is 1. The number of aromatic nitrogens is 2. The Morgan fingerprint density at radius 3 is 2.63 bits per heavy atom. The molecule has 1 atom stereocenters. The molecule has 0 bridgehead atoms. The van der Waals surface area contributed by atoms with Crippen molar-refractivity contribution in [3.05, 3.63) is 64.2 Å². The van der Waals surface area contributed by atoms with Crippen LogP contribution in [0.4, 0.5) is 5.69 Å². The first kappa shape index (κ1) is 24.4. The maximum Gasteiger partial charge on any atom is 0.346 e. The number of nitrogens with zero attached hydrogens (tertiary/aromatic N) is 4. The zero-order valence-corrected chi connectivity index (χ0v) is 20.7. The van der Waals surface area contributed by atoms with Crippen molar-refractivity contribution in [2.75, 3.05) is 26.1 Å². The fourth-order valence-corrected chi connectivity index (χ4v) is 4.41. The molecular weight excluding hydrogens is 444 g/mol. The molecule has 184 valence electrons. The minimum absolute atomic E-state index is 0.185. The lowest BCUT2D eigenvalue weighted by Crippen LogP contribution is -2.26. The average molecular weight is 477 g/mol. The lowest BCUT2D eigenvalue weighted by atomic mass is 9.88. The van der Waals surface area contributed by atoms with E-state index in [1.807, 2.05) is 55.4 Å². The Kier molecular flexibility index (Phi) is 7.48. The molecule has 0 amide bonds. The summed E-state index contributed by atoms with van der Waals surface area (Å²) in [6, 6.07) is 13.0. The van der Waals surface area contributed by atoms with Gasteiger partial charge in [-0.1, -0.05) is 31.4 Å². The van der Waals surface area contributed by atoms with Crippen LogP contribution in [0.15, 0.2) is 52.4 Å². The second-order valence-electron chi connectivity index (χ2n) is 9.08. The van der Waals surface area contributed by atoms with Crippen LogP contribution in [0.25, 0.3) is 10.9 Å². The zero-order chi connectivity index (χ0) is 24.9. The lowest BCUT2D eigenvalue weighted by molar-refractivity contribution is -0.147. The van der Waals surface area contributed by atoms with Gasteiger partial charge < -0.3 is 14.4 Å². The Balaban J connectivity index is 1.79. The van der Waals surface area contributed by atoms with Crippen LogP contribution in [0.2, 0.25) is 0 Å². The van der Waals surface area contributed by atoms with Gasteiger partial charge in [0.1, 0.15) is 11.6 Å². The molecule has 4 rings (SSSR count). The number of benzene rings is 2. The first-order valence-electron chi connectivity index (χ1n) is 12.0. The van der Waals surface area contributed by atoms with Crippen molar-refractivity contribution in [2.24, 2.45) is 5.10 Å². The van der Waals surface area contributed by atoms with Crippen LogP contribution < -0.4 is 15.2 Å². The van der Waals surface area contributed by atoms with E-state index < -0.39 is 12.1 Å². The normalized spacial score (nSPS) is 15.3. The molecule has 1 saturated carbocycles. The topological polar surface area (TPSA) is 86.0 Å². The van der Waals surface area contributed by atoms with E-state index in [2.05, 4.69) is 5.10 Å². The van der Waals surface area contributed by atoms with Gasteiger partial charge >= 0.3 is 5.97 Å². The number of hydrogen-bond donors (Lipinski definition) is 0. The SMILES string of the molecule is COC(=O)[C@H](C)Oc1cc(N(C)C)ccc1C=Nn1c(C2CCCCC2)nc2ccccc2c1=O. The van der Waals surface area contributed by atoms with Crippen molar-refractivity contribution >= 4 is 28.8 Å². The highest BCUT2D eigenvalue weighted by Crippen LogP contribution is 2.32. The summed E-state index contributed by atoms with van der Waals surface area (Å²) in [6.07, 6.45) is 6.22. The van der Waals surface area contributed by atoms with Gasteiger partial charge in [-0.25, -0.2) is 9.78 Å². The van der Waals surface area contributed by atoms with Crippen molar-refractivity contribution in [1.82, 2.24) is 9.66 Å². The van der Waals surface area contributed by atoms with Crippen molar-refractivity contribution < 1.29 is 14.3 Å². The fourth-order valence-electron chi connectivity index (χ4n) is 4.41. The summed E-state index contributed by atoms with van der Waals surface area (Å²) in [7, 11) is 5.17. The molecule has 2 aromatic carbocycles. The first-order chi connectivity index (χ1) is 16.9. The Bertz CT molecular complexity index is 1290. The van der Waals surface area contributed by atoms with Crippen molar-refractivity contribution in [2.45, 2.75) is 51.0 Å². The predicted molar refractivity (Wildman–Crippen MR) is 138 cm³/mol. The fraction of sp³-hybridized carbons (Fsp3) is 0.407. The Labute approximate surface area is 205 Å². The van der Waals surface area contributed by atoms with Crippen LogP contribution in [0.5, 0.6) is 5.75 Å². The summed E-state index contributed by atoms with van der Waals surface area (Å²) < 4.78 is 12.2. The van der Waals surface area contributed by atoms with Crippen molar-refractivity contribution in [3.63, 3.8) is 0 Å².